The Morgan fingerprint density at radius 1 is 1.19 bits per heavy atom. The van der Waals surface area contributed by atoms with E-state index in [1.807, 2.05) is 53.1 Å². The monoisotopic (exact) mass is 361 g/mol. The Morgan fingerprint density at radius 2 is 2.08 bits per heavy atom. The van der Waals surface area contributed by atoms with Crippen LogP contribution in [0.25, 0.3) is 5.69 Å². The van der Waals surface area contributed by atoms with Gasteiger partial charge < -0.3 is 15.6 Å². The number of amides is 2. The fourth-order valence-electron chi connectivity index (χ4n) is 2.95. The third-order valence-electron chi connectivity index (χ3n) is 4.00. The Morgan fingerprint density at radius 3 is 2.85 bits per heavy atom. The van der Waals surface area contributed by atoms with Gasteiger partial charge in [-0.25, -0.2) is 4.79 Å². The number of allylic oxidation sites excluding steroid dienone is 4. The molecule has 0 saturated carbocycles. The van der Waals surface area contributed by atoms with Crippen molar-refractivity contribution in [2.75, 3.05) is 5.32 Å². The highest BCUT2D eigenvalue weighted by molar-refractivity contribution is 7.80. The minimum Gasteiger partial charge on any atom is -0.351 e. The molecule has 6 nitrogen and oxygen atoms in total. The topological polar surface area (TPSA) is 84.8 Å². The van der Waals surface area contributed by atoms with Crippen LogP contribution in [0.1, 0.15) is 5.69 Å². The van der Waals surface area contributed by atoms with Gasteiger partial charge in [0.25, 0.3) is 0 Å². The van der Waals surface area contributed by atoms with Gasteiger partial charge in [-0.05, 0) is 48.6 Å². The molecule has 0 atom stereocenters. The van der Waals surface area contributed by atoms with Crippen LogP contribution in [0.15, 0.2) is 87.1 Å². The van der Waals surface area contributed by atoms with E-state index in [0.717, 1.165) is 33.4 Å². The van der Waals surface area contributed by atoms with Gasteiger partial charge in [0.15, 0.2) is 0 Å². The van der Waals surface area contributed by atoms with Crippen LogP contribution in [-0.4, -0.2) is 22.5 Å². The number of urea groups is 1. The van der Waals surface area contributed by atoms with E-state index in [1.54, 1.807) is 18.5 Å². The quantitative estimate of drug-likeness (QED) is 0.719. The molecular weight excluding hydrogens is 346 g/mol. The van der Waals surface area contributed by atoms with E-state index in [0.29, 0.717) is 5.69 Å². The lowest BCUT2D eigenvalue weighted by atomic mass is 10.1. The van der Waals surface area contributed by atoms with E-state index in [-0.39, 0.29) is 0 Å². The molecule has 0 saturated heterocycles. The molecule has 0 fully saturated rings. The number of carbonyl (C=O) groups is 1. The summed E-state index contributed by atoms with van der Waals surface area (Å²) in [4.78, 5) is 20.0. The lowest BCUT2D eigenvalue weighted by Gasteiger charge is -2.14. The van der Waals surface area contributed by atoms with Gasteiger partial charge in [0, 0.05) is 29.4 Å². The van der Waals surface area contributed by atoms with E-state index < -0.39 is 6.03 Å². The largest absolute Gasteiger partial charge is 0.351 e. The van der Waals surface area contributed by atoms with Gasteiger partial charge >= 0.3 is 6.03 Å². The van der Waals surface area contributed by atoms with E-state index in [1.165, 1.54) is 0 Å². The first kappa shape index (κ1) is 16.2. The number of hydrogen-bond acceptors (Lipinski definition) is 4. The van der Waals surface area contributed by atoms with Crippen LogP contribution in [-0.2, 0) is 0 Å². The number of nitrogens with one attached hydrogen (secondary N) is 1. The molecule has 2 aliphatic rings. The first-order chi connectivity index (χ1) is 12.6. The van der Waals surface area contributed by atoms with Crippen molar-refractivity contribution in [2.45, 2.75) is 5.03 Å². The summed E-state index contributed by atoms with van der Waals surface area (Å²) < 4.78 is 1.96. The molecule has 0 unspecified atom stereocenters. The van der Waals surface area contributed by atoms with Crippen molar-refractivity contribution in [3.63, 3.8) is 0 Å². The van der Waals surface area contributed by atoms with Crippen LogP contribution in [0.4, 0.5) is 10.5 Å². The summed E-state index contributed by atoms with van der Waals surface area (Å²) in [5, 5.41) is 3.34. The summed E-state index contributed by atoms with van der Waals surface area (Å²) in [6.45, 7) is 0. The zero-order valence-corrected chi connectivity index (χ0v) is 14.5. The normalized spacial score (nSPS) is 17.8. The lowest BCUT2D eigenvalue weighted by Crippen LogP contribution is -2.19. The fourth-order valence-corrected chi connectivity index (χ4v) is 3.25. The number of hydrogen-bond donors (Lipinski definition) is 3. The summed E-state index contributed by atoms with van der Waals surface area (Å²) in [6.07, 6.45) is 9.31. The molecule has 1 aromatic heterocycles. The van der Waals surface area contributed by atoms with Gasteiger partial charge in [-0.2, -0.15) is 0 Å². The third kappa shape index (κ3) is 2.89. The number of rotatable bonds is 3. The zero-order valence-electron chi connectivity index (χ0n) is 13.6. The molecule has 2 aromatic rings. The molecule has 26 heavy (non-hydrogen) atoms. The average molecular weight is 361 g/mol. The molecule has 1 aromatic carbocycles. The summed E-state index contributed by atoms with van der Waals surface area (Å²) in [5.74, 6) is 0. The number of aliphatic imine (C=N–C) groups is 2. The molecule has 0 aliphatic carbocycles. The second-order valence-corrected chi connectivity index (χ2v) is 6.14. The Balaban J connectivity index is 1.80. The number of carbonyl (C=O) groups excluding carboxylic acids is 1. The second-order valence-electron chi connectivity index (χ2n) is 5.68. The van der Waals surface area contributed by atoms with Crippen LogP contribution in [0, 0.1) is 0 Å². The molecule has 7 heteroatoms. The van der Waals surface area contributed by atoms with E-state index in [4.69, 9.17) is 5.73 Å². The fraction of sp³-hybridized carbons (Fsp3) is 0. The number of thiol groups is 1. The zero-order chi connectivity index (χ0) is 18.1. The summed E-state index contributed by atoms with van der Waals surface area (Å²) in [5.41, 5.74) is 10.2. The highest BCUT2D eigenvalue weighted by atomic mass is 32.1. The SMILES string of the molecule is NC(=O)Nc1cccc(-n2c(S)ccc2C2=NC=CC2=C2C=CC=N2)c1. The van der Waals surface area contributed by atoms with Gasteiger partial charge in [-0.15, -0.1) is 12.6 Å². The Hall–Kier alpha value is -3.32. The predicted octanol–water partition coefficient (Wildman–Crippen LogP) is 3.47. The molecule has 3 N–H and O–H groups in total. The molecule has 0 spiro atoms. The van der Waals surface area contributed by atoms with Gasteiger partial charge in [0.05, 0.1) is 22.1 Å². The number of nitrogens with zero attached hydrogens (tertiary/aromatic N) is 3. The first-order valence-corrected chi connectivity index (χ1v) is 8.36. The van der Waals surface area contributed by atoms with Crippen LogP contribution in [0.2, 0.25) is 0 Å². The summed E-state index contributed by atoms with van der Waals surface area (Å²) in [6, 6.07) is 10.6. The standard InChI is InChI=1S/C19H15N5OS/c20-19(25)23-12-3-1-4-13(11-12)24-16(6-7-17(24)26)18-14(8-10-22-18)15-5-2-9-21-15/h1-11,26H,(H3,20,23,25). The highest BCUT2D eigenvalue weighted by Gasteiger charge is 2.21. The Bertz CT molecular complexity index is 1040. The van der Waals surface area contributed by atoms with Crippen molar-refractivity contribution in [3.8, 4) is 5.69 Å². The highest BCUT2D eigenvalue weighted by Crippen LogP contribution is 2.28. The van der Waals surface area contributed by atoms with Gasteiger partial charge in [0.1, 0.15) is 0 Å². The van der Waals surface area contributed by atoms with Gasteiger partial charge in [-0.1, -0.05) is 6.07 Å². The van der Waals surface area contributed by atoms with Crippen LogP contribution < -0.4 is 11.1 Å². The molecule has 4 rings (SSSR count). The van der Waals surface area contributed by atoms with Crippen LogP contribution in [0.3, 0.4) is 0 Å². The number of nitrogens with two attached hydrogens (primary N) is 1. The van der Waals surface area contributed by atoms with Crippen molar-refractivity contribution in [2.24, 2.45) is 15.7 Å². The molecule has 3 heterocycles. The van der Waals surface area contributed by atoms with Crippen LogP contribution >= 0.6 is 12.6 Å². The minimum absolute atomic E-state index is 0.607. The van der Waals surface area contributed by atoms with Crippen molar-refractivity contribution >= 4 is 36.3 Å². The number of aromatic nitrogens is 1. The van der Waals surface area contributed by atoms with Gasteiger partial charge in [-0.3, -0.25) is 9.98 Å². The van der Waals surface area contributed by atoms with Crippen molar-refractivity contribution < 1.29 is 4.79 Å². The third-order valence-corrected chi connectivity index (χ3v) is 4.35. The minimum atomic E-state index is -0.608. The predicted molar refractivity (Wildman–Crippen MR) is 107 cm³/mol. The Kier molecular flexibility index (Phi) is 4.06. The first-order valence-electron chi connectivity index (χ1n) is 7.91. The maximum absolute atomic E-state index is 11.1. The maximum atomic E-state index is 11.1. The van der Waals surface area contributed by atoms with E-state index >= 15 is 0 Å². The maximum Gasteiger partial charge on any atom is 0.316 e. The summed E-state index contributed by atoms with van der Waals surface area (Å²) >= 11 is 4.58. The van der Waals surface area contributed by atoms with Crippen molar-refractivity contribution in [1.29, 1.82) is 0 Å². The molecular formula is C19H15N5OS. The second kappa shape index (κ2) is 6.53. The van der Waals surface area contributed by atoms with Gasteiger partial charge in [0.2, 0.25) is 0 Å². The molecule has 0 radical (unpaired) electrons. The van der Waals surface area contributed by atoms with Crippen LogP contribution in [0.5, 0.6) is 0 Å². The number of primary amides is 1. The van der Waals surface area contributed by atoms with E-state index in [9.17, 15) is 4.79 Å². The molecule has 0 bridgehead atoms. The van der Waals surface area contributed by atoms with Crippen molar-refractivity contribution in [1.82, 2.24) is 4.57 Å². The molecule has 2 amide bonds. The van der Waals surface area contributed by atoms with Crippen molar-refractivity contribution in [3.05, 3.63) is 77.8 Å². The number of anilines is 1. The Labute approximate surface area is 155 Å². The molecule has 128 valence electrons. The number of benzene rings is 1. The molecule has 2 aliphatic heterocycles. The summed E-state index contributed by atoms with van der Waals surface area (Å²) in [7, 11) is 0. The smallest absolute Gasteiger partial charge is 0.316 e. The average Bonchev–Trinajstić information content (AvgIpc) is 3.34. The lowest BCUT2D eigenvalue weighted by molar-refractivity contribution is 0.259. The van der Waals surface area contributed by atoms with E-state index in [2.05, 4.69) is 27.9 Å².